The summed E-state index contributed by atoms with van der Waals surface area (Å²) in [4.78, 5) is 25.0. The highest BCUT2D eigenvalue weighted by molar-refractivity contribution is 5.85. The molecule has 7 nitrogen and oxygen atoms in total. The van der Waals surface area contributed by atoms with Gasteiger partial charge in [-0.2, -0.15) is 0 Å². The summed E-state index contributed by atoms with van der Waals surface area (Å²) in [7, 11) is 1.26. The Balaban J connectivity index is 4.35. The van der Waals surface area contributed by atoms with Crippen molar-refractivity contribution in [2.45, 2.75) is 26.3 Å². The van der Waals surface area contributed by atoms with Crippen molar-refractivity contribution >= 4 is 11.9 Å². The van der Waals surface area contributed by atoms with E-state index >= 15 is 0 Å². The van der Waals surface area contributed by atoms with Crippen LogP contribution >= 0.6 is 0 Å². The zero-order valence-corrected chi connectivity index (χ0v) is 9.64. The molecule has 0 spiro atoms. The summed E-state index contributed by atoms with van der Waals surface area (Å²) in [6.45, 7) is 3.53. The lowest BCUT2D eigenvalue weighted by Crippen LogP contribution is -2.43. The largest absolute Gasteiger partial charge is 0.467 e. The van der Waals surface area contributed by atoms with Crippen molar-refractivity contribution in [3.05, 3.63) is 10.4 Å². The molecule has 0 aliphatic carbocycles. The SMILES string of the molecule is COC(=O)[C@H](CC(C)C)NC(=O)CN=[N+]=[N-]. The third-order valence-corrected chi connectivity index (χ3v) is 1.81. The first-order valence-corrected chi connectivity index (χ1v) is 4.89. The lowest BCUT2D eigenvalue weighted by molar-refractivity contribution is -0.145. The van der Waals surface area contributed by atoms with Crippen LogP contribution in [-0.2, 0) is 14.3 Å². The molecular weight excluding hydrogens is 212 g/mol. The second-order valence-corrected chi connectivity index (χ2v) is 3.66. The highest BCUT2D eigenvalue weighted by atomic mass is 16.5. The molecule has 0 bridgehead atoms. The molecule has 0 fully saturated rings. The highest BCUT2D eigenvalue weighted by Gasteiger charge is 2.21. The number of carbonyl (C=O) groups excluding carboxylic acids is 2. The Labute approximate surface area is 93.8 Å². The predicted molar refractivity (Wildman–Crippen MR) is 57.4 cm³/mol. The molecule has 7 heteroatoms. The van der Waals surface area contributed by atoms with Crippen LogP contribution in [0.25, 0.3) is 10.4 Å². The second-order valence-electron chi connectivity index (χ2n) is 3.66. The van der Waals surface area contributed by atoms with Gasteiger partial charge in [-0.3, -0.25) is 4.79 Å². The summed E-state index contributed by atoms with van der Waals surface area (Å²) >= 11 is 0. The van der Waals surface area contributed by atoms with E-state index in [2.05, 4.69) is 20.1 Å². The van der Waals surface area contributed by atoms with Gasteiger partial charge in [0.25, 0.3) is 0 Å². The van der Waals surface area contributed by atoms with Crippen molar-refractivity contribution in [1.82, 2.24) is 5.32 Å². The van der Waals surface area contributed by atoms with Crippen molar-refractivity contribution in [3.63, 3.8) is 0 Å². The number of methoxy groups -OCH3 is 1. The summed E-state index contributed by atoms with van der Waals surface area (Å²) in [5.74, 6) is -0.749. The number of nitrogens with zero attached hydrogens (tertiary/aromatic N) is 3. The Morgan fingerprint density at radius 1 is 1.50 bits per heavy atom. The monoisotopic (exact) mass is 228 g/mol. The van der Waals surface area contributed by atoms with Crippen molar-refractivity contribution in [2.24, 2.45) is 11.0 Å². The van der Waals surface area contributed by atoms with Crippen molar-refractivity contribution in [3.8, 4) is 0 Å². The van der Waals surface area contributed by atoms with Crippen LogP contribution in [0.5, 0.6) is 0 Å². The Bertz CT molecular complexity index is 297. The molecule has 90 valence electrons. The van der Waals surface area contributed by atoms with E-state index in [0.717, 1.165) is 0 Å². The van der Waals surface area contributed by atoms with Gasteiger partial charge in [0.15, 0.2) is 0 Å². The zero-order chi connectivity index (χ0) is 12.6. The second kappa shape index (κ2) is 7.53. The number of carbonyl (C=O) groups is 2. The average molecular weight is 228 g/mol. The van der Waals surface area contributed by atoms with Gasteiger partial charge in [-0.25, -0.2) is 4.79 Å². The smallest absolute Gasteiger partial charge is 0.328 e. The zero-order valence-electron chi connectivity index (χ0n) is 9.64. The minimum atomic E-state index is -0.689. The Hall–Kier alpha value is -1.75. The molecule has 1 amide bonds. The molecule has 1 atom stereocenters. The fourth-order valence-electron chi connectivity index (χ4n) is 1.16. The fourth-order valence-corrected chi connectivity index (χ4v) is 1.16. The van der Waals surface area contributed by atoms with Crippen LogP contribution in [-0.4, -0.2) is 31.6 Å². The first-order chi connectivity index (χ1) is 7.51. The van der Waals surface area contributed by atoms with E-state index in [1.165, 1.54) is 7.11 Å². The molecule has 0 aliphatic heterocycles. The number of nitrogens with one attached hydrogen (secondary N) is 1. The summed E-state index contributed by atoms with van der Waals surface area (Å²) in [5.41, 5.74) is 8.04. The van der Waals surface area contributed by atoms with Gasteiger partial charge in [-0.05, 0) is 17.9 Å². The minimum absolute atomic E-state index is 0.240. The molecule has 0 aromatic rings. The number of esters is 1. The van der Waals surface area contributed by atoms with E-state index in [1.54, 1.807) is 0 Å². The van der Waals surface area contributed by atoms with Crippen LogP contribution in [0.1, 0.15) is 20.3 Å². The fraction of sp³-hybridized carbons (Fsp3) is 0.778. The van der Waals surface area contributed by atoms with Gasteiger partial charge in [-0.1, -0.05) is 19.0 Å². The molecule has 0 rings (SSSR count). The Morgan fingerprint density at radius 3 is 2.56 bits per heavy atom. The van der Waals surface area contributed by atoms with Crippen LogP contribution in [0, 0.1) is 5.92 Å². The summed E-state index contributed by atoms with van der Waals surface area (Å²) in [5, 5.41) is 5.56. The number of amides is 1. The molecule has 0 heterocycles. The molecule has 0 saturated heterocycles. The van der Waals surface area contributed by atoms with Gasteiger partial charge >= 0.3 is 5.97 Å². The normalized spacial score (nSPS) is 11.5. The number of azide groups is 1. The molecule has 0 unspecified atom stereocenters. The van der Waals surface area contributed by atoms with Gasteiger partial charge < -0.3 is 10.1 Å². The summed E-state index contributed by atoms with van der Waals surface area (Å²) in [6, 6.07) is -0.689. The number of ether oxygens (including phenoxy) is 1. The highest BCUT2D eigenvalue weighted by Crippen LogP contribution is 2.06. The van der Waals surface area contributed by atoms with Crippen molar-refractivity contribution in [1.29, 1.82) is 0 Å². The third kappa shape index (κ3) is 5.87. The molecular formula is C9H16N4O3. The lowest BCUT2D eigenvalue weighted by atomic mass is 10.0. The summed E-state index contributed by atoms with van der Waals surface area (Å²) < 4.78 is 4.56. The molecule has 0 aromatic carbocycles. The molecule has 0 radical (unpaired) electrons. The van der Waals surface area contributed by atoms with E-state index in [4.69, 9.17) is 5.53 Å². The van der Waals surface area contributed by atoms with Crippen molar-refractivity contribution < 1.29 is 14.3 Å². The molecule has 0 aliphatic rings. The van der Waals surface area contributed by atoms with Gasteiger partial charge in [-0.15, -0.1) is 0 Å². The van der Waals surface area contributed by atoms with E-state index in [-0.39, 0.29) is 12.5 Å². The predicted octanol–water partition coefficient (Wildman–Crippen LogP) is 1.00. The van der Waals surface area contributed by atoms with Gasteiger partial charge in [0, 0.05) is 4.91 Å². The van der Waals surface area contributed by atoms with E-state index in [1.807, 2.05) is 13.8 Å². The quantitative estimate of drug-likeness (QED) is 0.317. The Kier molecular flexibility index (Phi) is 6.71. The minimum Gasteiger partial charge on any atom is -0.467 e. The van der Waals surface area contributed by atoms with Gasteiger partial charge in [0.05, 0.1) is 7.11 Å². The third-order valence-electron chi connectivity index (χ3n) is 1.81. The number of rotatable bonds is 6. The van der Waals surface area contributed by atoms with Crippen LogP contribution in [0.15, 0.2) is 5.11 Å². The molecule has 0 aromatic heterocycles. The number of hydrogen-bond donors (Lipinski definition) is 1. The first kappa shape index (κ1) is 14.2. The Morgan fingerprint density at radius 2 is 2.12 bits per heavy atom. The van der Waals surface area contributed by atoms with Crippen LogP contribution in [0.3, 0.4) is 0 Å². The molecule has 16 heavy (non-hydrogen) atoms. The standard InChI is InChI=1S/C9H16N4O3/c1-6(2)4-7(9(15)16-3)12-8(14)5-11-13-10/h6-7H,4-5H2,1-3H3,(H,12,14)/t7-/m0/s1. The van der Waals surface area contributed by atoms with Crippen LogP contribution in [0.4, 0.5) is 0 Å². The lowest BCUT2D eigenvalue weighted by Gasteiger charge is -2.17. The number of hydrogen-bond acceptors (Lipinski definition) is 4. The molecule has 1 N–H and O–H groups in total. The van der Waals surface area contributed by atoms with Crippen LogP contribution < -0.4 is 5.32 Å². The van der Waals surface area contributed by atoms with Crippen LogP contribution in [0.2, 0.25) is 0 Å². The first-order valence-electron chi connectivity index (χ1n) is 4.89. The van der Waals surface area contributed by atoms with Gasteiger partial charge in [0.1, 0.15) is 12.6 Å². The average Bonchev–Trinajstić information content (AvgIpc) is 2.23. The van der Waals surface area contributed by atoms with E-state index < -0.39 is 17.9 Å². The van der Waals surface area contributed by atoms with Crippen molar-refractivity contribution in [2.75, 3.05) is 13.7 Å². The van der Waals surface area contributed by atoms with E-state index in [0.29, 0.717) is 6.42 Å². The maximum atomic E-state index is 11.3. The molecule has 0 saturated carbocycles. The maximum absolute atomic E-state index is 11.3. The topological polar surface area (TPSA) is 104 Å². The maximum Gasteiger partial charge on any atom is 0.328 e. The van der Waals surface area contributed by atoms with Gasteiger partial charge in [0.2, 0.25) is 5.91 Å². The van der Waals surface area contributed by atoms with E-state index in [9.17, 15) is 9.59 Å². The summed E-state index contributed by atoms with van der Waals surface area (Å²) in [6.07, 6.45) is 0.481.